The second-order valence-corrected chi connectivity index (χ2v) is 8.57. The number of hydrogen-bond acceptors (Lipinski definition) is 6. The third-order valence-electron chi connectivity index (χ3n) is 6.02. The van der Waals surface area contributed by atoms with E-state index >= 15 is 0 Å². The van der Waals surface area contributed by atoms with Gasteiger partial charge in [0.1, 0.15) is 5.82 Å². The lowest BCUT2D eigenvalue weighted by atomic mass is 10.0. The van der Waals surface area contributed by atoms with Crippen LogP contribution < -0.4 is 15.1 Å². The summed E-state index contributed by atoms with van der Waals surface area (Å²) in [6.07, 6.45) is 9.17. The number of pyridine rings is 2. The highest BCUT2D eigenvalue weighted by Gasteiger charge is 2.17. The Kier molecular flexibility index (Phi) is 5.64. The number of carbonyl (C=O) groups excluding carboxylic acids is 1. The lowest BCUT2D eigenvalue weighted by Gasteiger charge is -2.28. The molecule has 0 aliphatic carbocycles. The van der Waals surface area contributed by atoms with Crippen molar-refractivity contribution >= 4 is 34.0 Å². The molecule has 2 N–H and O–H groups in total. The summed E-state index contributed by atoms with van der Waals surface area (Å²) in [5.74, 6) is 0.543. The fraction of sp³-hybridized carbons (Fsp3) is 0.280. The number of anilines is 3. The fourth-order valence-corrected chi connectivity index (χ4v) is 4.19. The lowest BCUT2D eigenvalue weighted by molar-refractivity contribution is 0.102. The zero-order valence-electron chi connectivity index (χ0n) is 18.9. The van der Waals surface area contributed by atoms with Crippen LogP contribution in [0.1, 0.15) is 29.8 Å². The van der Waals surface area contributed by atoms with Crippen molar-refractivity contribution in [3.63, 3.8) is 0 Å². The molecule has 8 heteroatoms. The van der Waals surface area contributed by atoms with Crippen LogP contribution in [0, 0.1) is 0 Å². The number of nitrogens with zero attached hydrogens (tertiary/aromatic N) is 5. The summed E-state index contributed by atoms with van der Waals surface area (Å²) in [6, 6.07) is 11.9. The van der Waals surface area contributed by atoms with Crippen molar-refractivity contribution in [2.45, 2.75) is 19.3 Å². The Morgan fingerprint density at radius 3 is 2.61 bits per heavy atom. The summed E-state index contributed by atoms with van der Waals surface area (Å²) in [7, 11) is 3.84. The van der Waals surface area contributed by atoms with Gasteiger partial charge in [0.15, 0.2) is 5.69 Å². The number of hydrogen-bond donors (Lipinski definition) is 2. The Morgan fingerprint density at radius 1 is 1.00 bits per heavy atom. The van der Waals surface area contributed by atoms with Crippen LogP contribution in [0.2, 0.25) is 0 Å². The molecule has 1 amide bonds. The molecule has 3 aromatic heterocycles. The Balaban J connectivity index is 1.41. The maximum absolute atomic E-state index is 13.0. The highest BCUT2D eigenvalue weighted by molar-refractivity contribution is 6.11. The minimum Gasteiger partial charge on any atom is -0.370 e. The number of piperidine rings is 1. The summed E-state index contributed by atoms with van der Waals surface area (Å²) in [5.41, 5.74) is 4.95. The molecule has 0 saturated carbocycles. The van der Waals surface area contributed by atoms with Gasteiger partial charge in [0.25, 0.3) is 5.91 Å². The van der Waals surface area contributed by atoms with Gasteiger partial charge in [-0.25, -0.2) is 4.98 Å². The predicted octanol–water partition coefficient (Wildman–Crippen LogP) is 4.33. The third-order valence-corrected chi connectivity index (χ3v) is 6.02. The summed E-state index contributed by atoms with van der Waals surface area (Å²) in [4.78, 5) is 26.1. The first-order chi connectivity index (χ1) is 16.1. The average molecular weight is 442 g/mol. The monoisotopic (exact) mass is 441 g/mol. The first-order valence-electron chi connectivity index (χ1n) is 11.2. The van der Waals surface area contributed by atoms with Gasteiger partial charge in [-0.15, -0.1) is 0 Å². The van der Waals surface area contributed by atoms with E-state index in [0.717, 1.165) is 46.6 Å². The predicted molar refractivity (Wildman–Crippen MR) is 132 cm³/mol. The van der Waals surface area contributed by atoms with Crippen molar-refractivity contribution in [3.05, 3.63) is 60.7 Å². The van der Waals surface area contributed by atoms with E-state index in [2.05, 4.69) is 36.4 Å². The Bertz CT molecular complexity index is 1270. The van der Waals surface area contributed by atoms with Crippen LogP contribution in [-0.4, -0.2) is 53.3 Å². The molecule has 1 aliphatic rings. The molecule has 0 spiro atoms. The Labute approximate surface area is 192 Å². The van der Waals surface area contributed by atoms with E-state index in [4.69, 9.17) is 0 Å². The Hall–Kier alpha value is -3.94. The number of H-pyrrole nitrogens is 1. The molecule has 0 radical (unpaired) electrons. The number of rotatable bonds is 5. The van der Waals surface area contributed by atoms with Crippen molar-refractivity contribution in [2.75, 3.05) is 42.3 Å². The number of nitrogens with one attached hydrogen (secondary N) is 2. The normalized spacial score (nSPS) is 13.8. The van der Waals surface area contributed by atoms with Gasteiger partial charge < -0.3 is 15.1 Å². The van der Waals surface area contributed by atoms with Crippen LogP contribution in [0.4, 0.5) is 17.2 Å². The minimum absolute atomic E-state index is 0.280. The Morgan fingerprint density at radius 2 is 1.85 bits per heavy atom. The number of aromatic nitrogens is 4. The van der Waals surface area contributed by atoms with Crippen LogP contribution in [-0.2, 0) is 0 Å². The lowest BCUT2D eigenvalue weighted by Crippen LogP contribution is -2.29. The van der Waals surface area contributed by atoms with Gasteiger partial charge in [-0.1, -0.05) is 6.07 Å². The average Bonchev–Trinajstić information content (AvgIpc) is 3.28. The van der Waals surface area contributed by atoms with Crippen molar-refractivity contribution < 1.29 is 4.79 Å². The molecule has 1 fully saturated rings. The molecule has 1 saturated heterocycles. The maximum atomic E-state index is 13.0. The zero-order chi connectivity index (χ0) is 22.8. The molecule has 5 rings (SSSR count). The number of fused-ring (bicyclic) bond motifs is 1. The van der Waals surface area contributed by atoms with Gasteiger partial charge >= 0.3 is 0 Å². The van der Waals surface area contributed by atoms with E-state index in [9.17, 15) is 4.79 Å². The largest absolute Gasteiger partial charge is 0.370 e. The van der Waals surface area contributed by atoms with E-state index in [1.165, 1.54) is 19.3 Å². The molecule has 33 heavy (non-hydrogen) atoms. The summed E-state index contributed by atoms with van der Waals surface area (Å²) in [6.45, 7) is 2.14. The zero-order valence-corrected chi connectivity index (χ0v) is 18.9. The van der Waals surface area contributed by atoms with E-state index in [1.807, 2.05) is 61.7 Å². The maximum Gasteiger partial charge on any atom is 0.276 e. The van der Waals surface area contributed by atoms with Crippen LogP contribution >= 0.6 is 0 Å². The van der Waals surface area contributed by atoms with Crippen LogP contribution in [0.3, 0.4) is 0 Å². The van der Waals surface area contributed by atoms with Gasteiger partial charge in [0.2, 0.25) is 0 Å². The van der Waals surface area contributed by atoms with E-state index < -0.39 is 0 Å². The standard InChI is InChI=1S/C25H27N7O/c1-31(2)23-9-7-19(15-27-23)28-25(33)24-21-13-17(6-8-22(21)29-30-24)18-12-20(16-26-14-18)32-10-4-3-5-11-32/h6-9,12-16H,3-5,10-11H2,1-2H3,(H,28,33)(H,29,30). The number of carbonyl (C=O) groups is 1. The van der Waals surface area contributed by atoms with Gasteiger partial charge in [0, 0.05) is 44.3 Å². The molecule has 1 aliphatic heterocycles. The van der Waals surface area contributed by atoms with Crippen molar-refractivity contribution in [3.8, 4) is 11.1 Å². The van der Waals surface area contributed by atoms with E-state index in [-0.39, 0.29) is 5.91 Å². The van der Waals surface area contributed by atoms with Crippen LogP contribution in [0.15, 0.2) is 55.0 Å². The molecule has 1 aromatic carbocycles. The van der Waals surface area contributed by atoms with Crippen LogP contribution in [0.5, 0.6) is 0 Å². The number of amides is 1. The van der Waals surface area contributed by atoms with Crippen molar-refractivity contribution in [1.82, 2.24) is 20.2 Å². The first-order valence-corrected chi connectivity index (χ1v) is 11.2. The molecule has 0 bridgehead atoms. The van der Waals surface area contributed by atoms with E-state index in [1.54, 1.807) is 6.20 Å². The van der Waals surface area contributed by atoms with Crippen molar-refractivity contribution in [2.24, 2.45) is 0 Å². The molecule has 4 aromatic rings. The first kappa shape index (κ1) is 20.9. The molecular weight excluding hydrogens is 414 g/mol. The van der Waals surface area contributed by atoms with Gasteiger partial charge in [-0.2, -0.15) is 5.10 Å². The minimum atomic E-state index is -0.280. The van der Waals surface area contributed by atoms with Crippen LogP contribution in [0.25, 0.3) is 22.0 Å². The molecule has 0 atom stereocenters. The van der Waals surface area contributed by atoms with E-state index in [0.29, 0.717) is 11.4 Å². The quantitative estimate of drug-likeness (QED) is 0.479. The van der Waals surface area contributed by atoms with Gasteiger partial charge in [-0.3, -0.25) is 14.9 Å². The van der Waals surface area contributed by atoms with Crippen molar-refractivity contribution in [1.29, 1.82) is 0 Å². The topological polar surface area (TPSA) is 90.0 Å². The van der Waals surface area contributed by atoms with Gasteiger partial charge in [-0.05, 0) is 55.2 Å². The fourth-order valence-electron chi connectivity index (χ4n) is 4.19. The summed E-state index contributed by atoms with van der Waals surface area (Å²) < 4.78 is 0. The third kappa shape index (κ3) is 4.37. The molecular formula is C25H27N7O. The summed E-state index contributed by atoms with van der Waals surface area (Å²) in [5, 5.41) is 10.9. The number of aromatic amines is 1. The molecule has 4 heterocycles. The molecule has 8 nitrogen and oxygen atoms in total. The second kappa shape index (κ2) is 8.90. The van der Waals surface area contributed by atoms with Gasteiger partial charge in [0.05, 0.1) is 29.3 Å². The highest BCUT2D eigenvalue weighted by Crippen LogP contribution is 2.29. The molecule has 0 unspecified atom stereocenters. The second-order valence-electron chi connectivity index (χ2n) is 8.57. The number of benzene rings is 1. The SMILES string of the molecule is CN(C)c1ccc(NC(=O)c2n[nH]c3ccc(-c4cncc(N5CCCCC5)c4)cc23)cn1. The summed E-state index contributed by atoms with van der Waals surface area (Å²) >= 11 is 0. The highest BCUT2D eigenvalue weighted by atomic mass is 16.1. The molecule has 168 valence electrons. The smallest absolute Gasteiger partial charge is 0.276 e.